The number of rotatable bonds is 4. The summed E-state index contributed by atoms with van der Waals surface area (Å²) in [6.07, 6.45) is 1.73. The monoisotopic (exact) mass is 355 g/mol. The van der Waals surface area contributed by atoms with Crippen molar-refractivity contribution in [3.05, 3.63) is 41.7 Å². The SMILES string of the molecule is COc1cccc(NC(=O)NC2CCN(c3nc(C)cc(C)n3)CC2)c1. The Balaban J connectivity index is 1.51. The molecular formula is C19H25N5O2. The molecule has 3 rings (SSSR count). The summed E-state index contributed by atoms with van der Waals surface area (Å²) in [5.41, 5.74) is 2.67. The maximum atomic E-state index is 12.2. The van der Waals surface area contributed by atoms with Crippen LogP contribution >= 0.6 is 0 Å². The molecule has 0 aliphatic carbocycles. The second-order valence-corrected chi connectivity index (χ2v) is 6.54. The average molecular weight is 355 g/mol. The van der Waals surface area contributed by atoms with Gasteiger partial charge in [-0.1, -0.05) is 6.07 Å². The Labute approximate surface area is 153 Å². The third kappa shape index (κ3) is 4.62. The maximum absolute atomic E-state index is 12.2. The summed E-state index contributed by atoms with van der Waals surface area (Å²) >= 11 is 0. The average Bonchev–Trinajstić information content (AvgIpc) is 2.61. The molecule has 2 N–H and O–H groups in total. The number of piperidine rings is 1. The second kappa shape index (κ2) is 8.03. The molecule has 1 aliphatic heterocycles. The molecule has 0 spiro atoms. The Bertz CT molecular complexity index is 752. The van der Waals surface area contributed by atoms with Crippen LogP contribution in [0.15, 0.2) is 30.3 Å². The molecule has 7 nitrogen and oxygen atoms in total. The minimum atomic E-state index is -0.195. The van der Waals surface area contributed by atoms with E-state index in [1.807, 2.05) is 38.1 Å². The lowest BCUT2D eigenvalue weighted by molar-refractivity contribution is 0.246. The Morgan fingerprint density at radius 3 is 2.50 bits per heavy atom. The van der Waals surface area contributed by atoms with E-state index in [4.69, 9.17) is 4.74 Å². The van der Waals surface area contributed by atoms with E-state index in [0.717, 1.165) is 43.3 Å². The summed E-state index contributed by atoms with van der Waals surface area (Å²) in [7, 11) is 1.60. The Hall–Kier alpha value is -2.83. The fourth-order valence-corrected chi connectivity index (χ4v) is 3.13. The lowest BCUT2D eigenvalue weighted by Gasteiger charge is -2.32. The predicted octanol–water partition coefficient (Wildman–Crippen LogP) is 2.89. The molecule has 1 aromatic heterocycles. The number of aromatic nitrogens is 2. The normalized spacial score (nSPS) is 14.8. The molecule has 1 aliphatic rings. The quantitative estimate of drug-likeness (QED) is 0.882. The molecule has 0 atom stereocenters. The van der Waals surface area contributed by atoms with Gasteiger partial charge in [-0.05, 0) is 44.9 Å². The van der Waals surface area contributed by atoms with Gasteiger partial charge in [-0.3, -0.25) is 0 Å². The maximum Gasteiger partial charge on any atom is 0.319 e. The van der Waals surface area contributed by atoms with Gasteiger partial charge in [0.2, 0.25) is 5.95 Å². The summed E-state index contributed by atoms with van der Waals surface area (Å²) < 4.78 is 5.17. The van der Waals surface area contributed by atoms with Crippen LogP contribution in [-0.2, 0) is 0 Å². The van der Waals surface area contributed by atoms with Gasteiger partial charge in [0, 0.05) is 42.3 Å². The number of urea groups is 1. The minimum Gasteiger partial charge on any atom is -0.497 e. The molecule has 7 heteroatoms. The standard InChI is InChI=1S/C19H25N5O2/c1-13-11-14(2)21-18(20-13)24-9-7-15(8-10-24)22-19(25)23-16-5-4-6-17(12-16)26-3/h4-6,11-12,15H,7-10H2,1-3H3,(H2,22,23,25). The highest BCUT2D eigenvalue weighted by molar-refractivity contribution is 5.89. The van der Waals surface area contributed by atoms with Gasteiger partial charge in [0.05, 0.1) is 7.11 Å². The largest absolute Gasteiger partial charge is 0.497 e. The molecule has 0 radical (unpaired) electrons. The molecule has 2 aromatic rings. The van der Waals surface area contributed by atoms with Crippen molar-refractivity contribution in [2.45, 2.75) is 32.7 Å². The summed E-state index contributed by atoms with van der Waals surface area (Å²) in [4.78, 5) is 23.4. The van der Waals surface area contributed by atoms with E-state index in [-0.39, 0.29) is 12.1 Å². The van der Waals surface area contributed by atoms with Crippen molar-refractivity contribution in [1.82, 2.24) is 15.3 Å². The van der Waals surface area contributed by atoms with Crippen LogP contribution in [-0.4, -0.2) is 42.2 Å². The van der Waals surface area contributed by atoms with Crippen molar-refractivity contribution in [2.75, 3.05) is 30.4 Å². The topological polar surface area (TPSA) is 79.4 Å². The number of ether oxygens (including phenoxy) is 1. The van der Waals surface area contributed by atoms with Crippen molar-refractivity contribution in [1.29, 1.82) is 0 Å². The van der Waals surface area contributed by atoms with Crippen LogP contribution in [0, 0.1) is 13.8 Å². The van der Waals surface area contributed by atoms with E-state index in [9.17, 15) is 4.79 Å². The molecular weight excluding hydrogens is 330 g/mol. The number of nitrogens with zero attached hydrogens (tertiary/aromatic N) is 3. The highest BCUT2D eigenvalue weighted by Crippen LogP contribution is 2.19. The van der Waals surface area contributed by atoms with Gasteiger partial charge in [0.25, 0.3) is 0 Å². The molecule has 0 saturated carbocycles. The van der Waals surface area contributed by atoms with Gasteiger partial charge in [0.1, 0.15) is 5.75 Å². The van der Waals surface area contributed by atoms with Crippen LogP contribution in [0.5, 0.6) is 5.75 Å². The number of anilines is 2. The number of carbonyl (C=O) groups excluding carboxylic acids is 1. The molecule has 138 valence electrons. The van der Waals surface area contributed by atoms with Gasteiger partial charge in [0.15, 0.2) is 0 Å². The lowest BCUT2D eigenvalue weighted by Crippen LogP contribution is -2.46. The predicted molar refractivity (Wildman–Crippen MR) is 102 cm³/mol. The van der Waals surface area contributed by atoms with Crippen LogP contribution in [0.4, 0.5) is 16.4 Å². The van der Waals surface area contributed by atoms with Crippen LogP contribution < -0.4 is 20.3 Å². The molecule has 1 aromatic carbocycles. The van der Waals surface area contributed by atoms with Crippen molar-refractivity contribution >= 4 is 17.7 Å². The summed E-state index contributed by atoms with van der Waals surface area (Å²) in [6, 6.07) is 9.23. The zero-order chi connectivity index (χ0) is 18.5. The fraction of sp³-hybridized carbons (Fsp3) is 0.421. The molecule has 0 bridgehead atoms. The van der Waals surface area contributed by atoms with Crippen molar-refractivity contribution in [2.24, 2.45) is 0 Å². The number of methoxy groups -OCH3 is 1. The number of amides is 2. The third-order valence-corrected chi connectivity index (χ3v) is 4.41. The fourth-order valence-electron chi connectivity index (χ4n) is 3.13. The highest BCUT2D eigenvalue weighted by atomic mass is 16.5. The van der Waals surface area contributed by atoms with E-state index in [0.29, 0.717) is 11.4 Å². The lowest BCUT2D eigenvalue weighted by atomic mass is 10.1. The minimum absolute atomic E-state index is 0.141. The van der Waals surface area contributed by atoms with Gasteiger partial charge in [-0.15, -0.1) is 0 Å². The van der Waals surface area contributed by atoms with Crippen LogP contribution in [0.25, 0.3) is 0 Å². The number of nitrogens with one attached hydrogen (secondary N) is 2. The second-order valence-electron chi connectivity index (χ2n) is 6.54. The Morgan fingerprint density at radius 2 is 1.85 bits per heavy atom. The van der Waals surface area contributed by atoms with Crippen LogP contribution in [0.1, 0.15) is 24.2 Å². The van der Waals surface area contributed by atoms with Gasteiger partial charge in [-0.25, -0.2) is 14.8 Å². The molecule has 1 fully saturated rings. The smallest absolute Gasteiger partial charge is 0.319 e. The van der Waals surface area contributed by atoms with Crippen molar-refractivity contribution in [3.63, 3.8) is 0 Å². The number of carbonyl (C=O) groups is 1. The van der Waals surface area contributed by atoms with Gasteiger partial charge >= 0.3 is 6.03 Å². The van der Waals surface area contributed by atoms with E-state index in [1.54, 1.807) is 13.2 Å². The Kier molecular flexibility index (Phi) is 5.55. The van der Waals surface area contributed by atoms with Gasteiger partial charge in [-0.2, -0.15) is 0 Å². The van der Waals surface area contributed by atoms with E-state index < -0.39 is 0 Å². The zero-order valence-electron chi connectivity index (χ0n) is 15.5. The van der Waals surface area contributed by atoms with E-state index in [2.05, 4.69) is 25.5 Å². The first-order valence-corrected chi connectivity index (χ1v) is 8.82. The molecule has 2 amide bonds. The highest BCUT2D eigenvalue weighted by Gasteiger charge is 2.22. The summed E-state index contributed by atoms with van der Waals surface area (Å²) in [6.45, 7) is 5.62. The first-order chi connectivity index (χ1) is 12.5. The van der Waals surface area contributed by atoms with E-state index in [1.165, 1.54) is 0 Å². The van der Waals surface area contributed by atoms with Crippen molar-refractivity contribution < 1.29 is 9.53 Å². The Morgan fingerprint density at radius 1 is 1.15 bits per heavy atom. The number of benzene rings is 1. The number of hydrogen-bond donors (Lipinski definition) is 2. The summed E-state index contributed by atoms with van der Waals surface area (Å²) in [5.74, 6) is 1.49. The molecule has 26 heavy (non-hydrogen) atoms. The summed E-state index contributed by atoms with van der Waals surface area (Å²) in [5, 5.41) is 5.89. The number of aryl methyl sites for hydroxylation is 2. The van der Waals surface area contributed by atoms with Crippen LogP contribution in [0.2, 0.25) is 0 Å². The first-order valence-electron chi connectivity index (χ1n) is 8.82. The molecule has 2 heterocycles. The zero-order valence-corrected chi connectivity index (χ0v) is 15.5. The molecule has 1 saturated heterocycles. The first kappa shape index (κ1) is 18.0. The van der Waals surface area contributed by atoms with Crippen molar-refractivity contribution in [3.8, 4) is 5.75 Å². The van der Waals surface area contributed by atoms with E-state index >= 15 is 0 Å². The van der Waals surface area contributed by atoms with Crippen LogP contribution in [0.3, 0.4) is 0 Å². The number of hydrogen-bond acceptors (Lipinski definition) is 5. The van der Waals surface area contributed by atoms with Gasteiger partial charge < -0.3 is 20.3 Å². The molecule has 0 unspecified atom stereocenters. The third-order valence-electron chi connectivity index (χ3n) is 4.41.